The van der Waals surface area contributed by atoms with E-state index in [1.165, 1.54) is 31.4 Å². The number of halogens is 1. The minimum absolute atomic E-state index is 0.689. The Labute approximate surface area is 123 Å². The van der Waals surface area contributed by atoms with E-state index in [1.54, 1.807) is 0 Å². The Kier molecular flexibility index (Phi) is 3.04. The molecule has 1 N–H and O–H groups in total. The van der Waals surface area contributed by atoms with Crippen molar-refractivity contribution in [2.75, 3.05) is 0 Å². The van der Waals surface area contributed by atoms with Gasteiger partial charge in [-0.25, -0.2) is 4.68 Å². The first-order valence-electron chi connectivity index (χ1n) is 7.37. The maximum Gasteiger partial charge on any atom is 0.0660 e. The molecule has 0 amide bonds. The Morgan fingerprint density at radius 2 is 2.05 bits per heavy atom. The molecule has 0 bridgehead atoms. The molecule has 0 spiro atoms. The monoisotopic (exact) mass is 287 g/mol. The van der Waals surface area contributed by atoms with Crippen molar-refractivity contribution in [1.82, 2.24) is 15.1 Å². The van der Waals surface area contributed by atoms with Gasteiger partial charge in [0.15, 0.2) is 0 Å². The largest absolute Gasteiger partial charge is 0.310 e. The van der Waals surface area contributed by atoms with E-state index < -0.39 is 0 Å². The van der Waals surface area contributed by atoms with Gasteiger partial charge < -0.3 is 5.32 Å². The second-order valence-corrected chi connectivity index (χ2v) is 6.30. The fraction of sp³-hybridized carbons (Fsp3) is 0.438. The summed E-state index contributed by atoms with van der Waals surface area (Å²) >= 11 is 6.38. The van der Waals surface area contributed by atoms with Gasteiger partial charge in [-0.2, -0.15) is 5.10 Å². The molecule has 1 aromatic heterocycles. The van der Waals surface area contributed by atoms with E-state index in [1.807, 2.05) is 16.9 Å². The van der Waals surface area contributed by atoms with E-state index in [0.717, 1.165) is 22.8 Å². The number of benzene rings is 1. The molecule has 3 nitrogen and oxygen atoms in total. The second-order valence-electron chi connectivity index (χ2n) is 5.89. The fourth-order valence-electron chi connectivity index (χ4n) is 2.44. The Morgan fingerprint density at radius 1 is 1.20 bits per heavy atom. The molecule has 1 aromatic carbocycles. The van der Waals surface area contributed by atoms with Crippen LogP contribution in [0.2, 0.25) is 5.02 Å². The zero-order chi connectivity index (χ0) is 13.5. The number of hydrogen-bond donors (Lipinski definition) is 1. The van der Waals surface area contributed by atoms with Crippen LogP contribution in [-0.4, -0.2) is 15.8 Å². The summed E-state index contributed by atoms with van der Waals surface area (Å²) in [5.41, 5.74) is 3.41. The van der Waals surface area contributed by atoms with E-state index in [4.69, 9.17) is 11.6 Å². The number of nitrogens with one attached hydrogen (secondary N) is 1. The first kappa shape index (κ1) is 12.4. The molecular weight excluding hydrogens is 270 g/mol. The highest BCUT2D eigenvalue weighted by Gasteiger charge is 2.26. The van der Waals surface area contributed by atoms with Gasteiger partial charge in [-0.05, 0) is 49.4 Å². The maximum atomic E-state index is 6.38. The lowest BCUT2D eigenvalue weighted by Gasteiger charge is -2.08. The molecule has 104 valence electrons. The lowest BCUT2D eigenvalue weighted by molar-refractivity contribution is 0.687. The van der Waals surface area contributed by atoms with Gasteiger partial charge in [-0.3, -0.25) is 0 Å². The summed E-state index contributed by atoms with van der Waals surface area (Å²) in [6.45, 7) is 0.857. The van der Waals surface area contributed by atoms with Crippen LogP contribution in [0.4, 0.5) is 0 Å². The molecule has 0 unspecified atom stereocenters. The smallest absolute Gasteiger partial charge is 0.0660 e. The summed E-state index contributed by atoms with van der Waals surface area (Å²) in [6, 6.07) is 9.03. The standard InChI is InChI=1S/C16H18ClN3/c17-15-9-14(6-3-12(15)10-18-13-4-5-13)20-8-7-16(19-20)11-1-2-11/h3,6-9,11,13,18H,1-2,4-5,10H2. The van der Waals surface area contributed by atoms with Crippen molar-refractivity contribution < 1.29 is 0 Å². The van der Waals surface area contributed by atoms with Gasteiger partial charge in [-0.15, -0.1) is 0 Å². The highest BCUT2D eigenvalue weighted by Crippen LogP contribution is 2.39. The topological polar surface area (TPSA) is 29.9 Å². The van der Waals surface area contributed by atoms with Crippen molar-refractivity contribution in [2.24, 2.45) is 0 Å². The average Bonchev–Trinajstić information content (AvgIpc) is 3.37. The number of rotatable bonds is 5. The van der Waals surface area contributed by atoms with Gasteiger partial charge in [0.25, 0.3) is 0 Å². The third-order valence-corrected chi connectivity index (χ3v) is 4.42. The molecule has 2 fully saturated rings. The van der Waals surface area contributed by atoms with Crippen LogP contribution in [0.15, 0.2) is 30.5 Å². The van der Waals surface area contributed by atoms with E-state index in [-0.39, 0.29) is 0 Å². The maximum absolute atomic E-state index is 6.38. The zero-order valence-corrected chi connectivity index (χ0v) is 12.1. The molecule has 2 aliphatic carbocycles. The van der Waals surface area contributed by atoms with Crippen LogP contribution < -0.4 is 5.32 Å². The van der Waals surface area contributed by atoms with Crippen molar-refractivity contribution in [1.29, 1.82) is 0 Å². The molecule has 1 heterocycles. The van der Waals surface area contributed by atoms with Crippen molar-refractivity contribution in [2.45, 2.75) is 44.2 Å². The quantitative estimate of drug-likeness (QED) is 0.909. The summed E-state index contributed by atoms with van der Waals surface area (Å²) in [4.78, 5) is 0. The van der Waals surface area contributed by atoms with E-state index >= 15 is 0 Å². The van der Waals surface area contributed by atoms with Crippen LogP contribution in [0.25, 0.3) is 5.69 Å². The molecule has 4 heteroatoms. The molecule has 0 radical (unpaired) electrons. The molecule has 0 atom stereocenters. The molecule has 0 aliphatic heterocycles. The summed E-state index contributed by atoms with van der Waals surface area (Å²) in [5.74, 6) is 0.689. The Balaban J connectivity index is 1.53. The highest BCUT2D eigenvalue weighted by atomic mass is 35.5. The van der Waals surface area contributed by atoms with Crippen LogP contribution in [0.1, 0.15) is 42.9 Å². The SMILES string of the molecule is Clc1cc(-n2ccc(C3CC3)n2)ccc1CNC1CC1. The predicted molar refractivity (Wildman–Crippen MR) is 80.4 cm³/mol. The Bertz CT molecular complexity index is 626. The molecule has 2 aromatic rings. The van der Waals surface area contributed by atoms with Gasteiger partial charge in [0.2, 0.25) is 0 Å². The highest BCUT2D eigenvalue weighted by molar-refractivity contribution is 6.31. The first-order chi connectivity index (χ1) is 9.79. The average molecular weight is 288 g/mol. The van der Waals surface area contributed by atoms with Crippen molar-refractivity contribution >= 4 is 11.6 Å². The summed E-state index contributed by atoms with van der Waals surface area (Å²) < 4.78 is 1.93. The van der Waals surface area contributed by atoms with E-state index in [0.29, 0.717) is 12.0 Å². The lowest BCUT2D eigenvalue weighted by atomic mass is 10.2. The minimum Gasteiger partial charge on any atom is -0.310 e. The van der Waals surface area contributed by atoms with Gasteiger partial charge in [-0.1, -0.05) is 17.7 Å². The van der Waals surface area contributed by atoms with Crippen LogP contribution in [0.3, 0.4) is 0 Å². The zero-order valence-electron chi connectivity index (χ0n) is 11.3. The molecule has 20 heavy (non-hydrogen) atoms. The van der Waals surface area contributed by atoms with Gasteiger partial charge in [0.05, 0.1) is 11.4 Å². The third-order valence-electron chi connectivity index (χ3n) is 4.07. The summed E-state index contributed by atoms with van der Waals surface area (Å²) in [7, 11) is 0. The molecule has 4 rings (SSSR count). The van der Waals surface area contributed by atoms with Gasteiger partial charge in [0, 0.05) is 29.7 Å². The molecular formula is C16H18ClN3. The normalized spacial score (nSPS) is 18.4. The van der Waals surface area contributed by atoms with Crippen LogP contribution >= 0.6 is 11.6 Å². The second kappa shape index (κ2) is 4.90. The minimum atomic E-state index is 0.689. The summed E-state index contributed by atoms with van der Waals surface area (Å²) in [5, 5.41) is 8.95. The molecule has 0 saturated heterocycles. The van der Waals surface area contributed by atoms with Crippen LogP contribution in [0.5, 0.6) is 0 Å². The first-order valence-corrected chi connectivity index (χ1v) is 7.75. The predicted octanol–water partition coefficient (Wildman–Crippen LogP) is 3.66. The fourth-order valence-corrected chi connectivity index (χ4v) is 2.68. The molecule has 2 saturated carbocycles. The van der Waals surface area contributed by atoms with E-state index in [9.17, 15) is 0 Å². The Morgan fingerprint density at radius 3 is 2.75 bits per heavy atom. The number of aromatic nitrogens is 2. The van der Waals surface area contributed by atoms with Crippen molar-refractivity contribution in [3.63, 3.8) is 0 Å². The summed E-state index contributed by atoms with van der Waals surface area (Å²) in [6.07, 6.45) is 7.19. The van der Waals surface area contributed by atoms with Gasteiger partial charge in [0.1, 0.15) is 0 Å². The van der Waals surface area contributed by atoms with Crippen LogP contribution in [-0.2, 0) is 6.54 Å². The number of nitrogens with zero attached hydrogens (tertiary/aromatic N) is 2. The molecule has 2 aliphatic rings. The Hall–Kier alpha value is -1.32. The lowest BCUT2D eigenvalue weighted by Crippen LogP contribution is -2.15. The van der Waals surface area contributed by atoms with Crippen molar-refractivity contribution in [3.8, 4) is 5.69 Å². The third kappa shape index (κ3) is 2.60. The number of hydrogen-bond acceptors (Lipinski definition) is 2. The van der Waals surface area contributed by atoms with Gasteiger partial charge >= 0.3 is 0 Å². The van der Waals surface area contributed by atoms with Crippen LogP contribution in [0, 0.1) is 0 Å². The van der Waals surface area contributed by atoms with Crippen molar-refractivity contribution in [3.05, 3.63) is 46.7 Å². The van der Waals surface area contributed by atoms with E-state index in [2.05, 4.69) is 28.6 Å².